The Morgan fingerprint density at radius 1 is 1.12 bits per heavy atom. The van der Waals surface area contributed by atoms with Crippen LogP contribution in [0.1, 0.15) is 11.3 Å². The van der Waals surface area contributed by atoms with E-state index in [2.05, 4.69) is 10.3 Å². The molecular formula is C19H17ClN2O2. The van der Waals surface area contributed by atoms with E-state index in [9.17, 15) is 4.79 Å². The minimum atomic E-state index is -0.209. The molecule has 1 N–H and O–H groups in total. The maximum Gasteiger partial charge on any atom is 0.258 e. The largest absolute Gasteiger partial charge is 0.481 e. The summed E-state index contributed by atoms with van der Waals surface area (Å²) in [4.78, 5) is 16.5. The van der Waals surface area contributed by atoms with Crippen molar-refractivity contribution >= 4 is 28.4 Å². The molecule has 1 heterocycles. The Morgan fingerprint density at radius 3 is 2.79 bits per heavy atom. The van der Waals surface area contributed by atoms with Crippen LogP contribution < -0.4 is 10.1 Å². The monoisotopic (exact) mass is 340 g/mol. The predicted molar refractivity (Wildman–Crippen MR) is 95.3 cm³/mol. The molecule has 0 aliphatic carbocycles. The van der Waals surface area contributed by atoms with Gasteiger partial charge in [-0.05, 0) is 30.7 Å². The van der Waals surface area contributed by atoms with Crippen LogP contribution in [0.2, 0.25) is 5.02 Å². The highest BCUT2D eigenvalue weighted by atomic mass is 35.5. The summed E-state index contributed by atoms with van der Waals surface area (Å²) in [5.74, 6) is 0.392. The highest BCUT2D eigenvalue weighted by Gasteiger charge is 2.08. The second-order valence-electron chi connectivity index (χ2n) is 5.44. The van der Waals surface area contributed by atoms with Crippen molar-refractivity contribution in [1.82, 2.24) is 10.3 Å². The van der Waals surface area contributed by atoms with Crippen LogP contribution in [0.25, 0.3) is 10.9 Å². The fourth-order valence-electron chi connectivity index (χ4n) is 2.36. The topological polar surface area (TPSA) is 51.2 Å². The number of aryl methyl sites for hydroxylation is 1. The molecule has 4 nitrogen and oxygen atoms in total. The first kappa shape index (κ1) is 16.3. The summed E-state index contributed by atoms with van der Waals surface area (Å²) >= 11 is 6.07. The normalized spacial score (nSPS) is 10.6. The number of hydrogen-bond donors (Lipinski definition) is 1. The van der Waals surface area contributed by atoms with Crippen LogP contribution in [-0.4, -0.2) is 17.5 Å². The summed E-state index contributed by atoms with van der Waals surface area (Å²) in [6.45, 7) is 2.22. The van der Waals surface area contributed by atoms with Gasteiger partial charge in [-0.25, -0.2) is 4.98 Å². The predicted octanol–water partition coefficient (Wildman–Crippen LogP) is 3.89. The third-order valence-electron chi connectivity index (χ3n) is 3.62. The van der Waals surface area contributed by atoms with Gasteiger partial charge in [-0.2, -0.15) is 0 Å². The fourth-order valence-corrected chi connectivity index (χ4v) is 2.57. The van der Waals surface area contributed by atoms with Gasteiger partial charge in [-0.3, -0.25) is 4.79 Å². The van der Waals surface area contributed by atoms with E-state index in [1.807, 2.05) is 55.5 Å². The van der Waals surface area contributed by atoms with Crippen LogP contribution in [0.4, 0.5) is 0 Å². The van der Waals surface area contributed by atoms with E-state index >= 15 is 0 Å². The molecule has 3 aromatic rings. The Hall–Kier alpha value is -2.59. The Balaban J connectivity index is 1.62. The Labute approximate surface area is 145 Å². The van der Waals surface area contributed by atoms with Crippen LogP contribution in [-0.2, 0) is 11.3 Å². The maximum absolute atomic E-state index is 12.0. The Kier molecular flexibility index (Phi) is 4.96. The van der Waals surface area contributed by atoms with Gasteiger partial charge in [0, 0.05) is 22.6 Å². The highest BCUT2D eigenvalue weighted by molar-refractivity contribution is 6.31. The number of hydrogen-bond acceptors (Lipinski definition) is 3. The van der Waals surface area contributed by atoms with Crippen LogP contribution in [0.3, 0.4) is 0 Å². The number of nitrogens with one attached hydrogen (secondary N) is 1. The number of ether oxygens (including phenoxy) is 1. The van der Waals surface area contributed by atoms with E-state index < -0.39 is 0 Å². The maximum atomic E-state index is 12.0. The first-order valence-corrected chi connectivity index (χ1v) is 8.00. The average Bonchev–Trinajstić information content (AvgIpc) is 2.59. The number of nitrogens with zero attached hydrogens (tertiary/aromatic N) is 1. The summed E-state index contributed by atoms with van der Waals surface area (Å²) in [6, 6.07) is 17.0. The number of benzene rings is 2. The van der Waals surface area contributed by atoms with Gasteiger partial charge in [0.2, 0.25) is 0 Å². The summed E-state index contributed by atoms with van der Waals surface area (Å²) in [5.41, 5.74) is 2.54. The Bertz CT molecular complexity index is 880. The molecule has 3 rings (SSSR count). The summed E-state index contributed by atoms with van der Waals surface area (Å²) in [6.07, 6.45) is 0. The molecule has 0 aliphatic rings. The molecule has 1 amide bonds. The third kappa shape index (κ3) is 3.84. The molecule has 0 atom stereocenters. The van der Waals surface area contributed by atoms with Crippen molar-refractivity contribution in [2.45, 2.75) is 13.5 Å². The van der Waals surface area contributed by atoms with Crippen LogP contribution in [0.5, 0.6) is 5.75 Å². The number of para-hydroxylation sites is 1. The molecule has 0 bridgehead atoms. The van der Waals surface area contributed by atoms with Crippen molar-refractivity contribution in [3.63, 3.8) is 0 Å². The summed E-state index contributed by atoms with van der Waals surface area (Å²) in [7, 11) is 0. The number of amides is 1. The zero-order valence-electron chi connectivity index (χ0n) is 13.3. The lowest BCUT2D eigenvalue weighted by molar-refractivity contribution is -0.123. The molecule has 0 spiro atoms. The van der Waals surface area contributed by atoms with Gasteiger partial charge in [0.1, 0.15) is 11.3 Å². The number of aromatic nitrogens is 1. The van der Waals surface area contributed by atoms with Gasteiger partial charge in [-0.1, -0.05) is 48.0 Å². The summed E-state index contributed by atoms with van der Waals surface area (Å²) < 4.78 is 5.65. The van der Waals surface area contributed by atoms with Crippen LogP contribution >= 0.6 is 11.6 Å². The molecule has 0 aliphatic heterocycles. The smallest absolute Gasteiger partial charge is 0.258 e. The van der Waals surface area contributed by atoms with E-state index in [4.69, 9.17) is 16.3 Å². The van der Waals surface area contributed by atoms with Gasteiger partial charge >= 0.3 is 0 Å². The van der Waals surface area contributed by atoms with E-state index in [1.54, 1.807) is 6.07 Å². The van der Waals surface area contributed by atoms with Gasteiger partial charge < -0.3 is 10.1 Å². The number of rotatable bonds is 5. The van der Waals surface area contributed by atoms with Crippen molar-refractivity contribution < 1.29 is 9.53 Å². The van der Waals surface area contributed by atoms with Crippen molar-refractivity contribution in [2.24, 2.45) is 0 Å². The molecule has 0 unspecified atom stereocenters. The van der Waals surface area contributed by atoms with Crippen molar-refractivity contribution in [3.8, 4) is 5.75 Å². The zero-order valence-corrected chi connectivity index (χ0v) is 14.0. The number of fused-ring (bicyclic) bond motifs is 1. The van der Waals surface area contributed by atoms with Crippen LogP contribution in [0.15, 0.2) is 54.6 Å². The molecule has 0 saturated carbocycles. The minimum Gasteiger partial charge on any atom is -0.481 e. The van der Waals surface area contributed by atoms with Gasteiger partial charge in [-0.15, -0.1) is 0 Å². The standard InChI is InChI=1S/C19H17ClN2O2/c1-13-9-10-14-6-4-8-17(19(14)22-13)24-12-18(23)21-11-15-5-2-3-7-16(15)20/h2-10H,11-12H2,1H3,(H,21,23). The second-order valence-corrected chi connectivity index (χ2v) is 5.84. The quantitative estimate of drug-likeness (QED) is 0.766. The van der Waals surface area contributed by atoms with Gasteiger partial charge in [0.05, 0.1) is 0 Å². The first-order chi connectivity index (χ1) is 11.6. The number of carbonyl (C=O) groups excluding carboxylic acids is 1. The SMILES string of the molecule is Cc1ccc2cccc(OCC(=O)NCc3ccccc3Cl)c2n1. The molecule has 5 heteroatoms. The molecule has 1 aromatic heterocycles. The van der Waals surface area contributed by atoms with Crippen molar-refractivity contribution in [2.75, 3.05) is 6.61 Å². The Morgan fingerprint density at radius 2 is 1.96 bits per heavy atom. The number of pyridine rings is 1. The van der Waals surface area contributed by atoms with E-state index in [0.29, 0.717) is 17.3 Å². The van der Waals surface area contributed by atoms with Crippen molar-refractivity contribution in [1.29, 1.82) is 0 Å². The van der Waals surface area contributed by atoms with E-state index in [1.165, 1.54) is 0 Å². The van der Waals surface area contributed by atoms with Gasteiger partial charge in [0.15, 0.2) is 6.61 Å². The number of halogens is 1. The molecular weight excluding hydrogens is 324 g/mol. The minimum absolute atomic E-state index is 0.0703. The molecule has 0 saturated heterocycles. The fraction of sp³-hybridized carbons (Fsp3) is 0.158. The summed E-state index contributed by atoms with van der Waals surface area (Å²) in [5, 5.41) is 4.41. The average molecular weight is 341 g/mol. The lowest BCUT2D eigenvalue weighted by atomic mass is 10.2. The van der Waals surface area contributed by atoms with E-state index in [0.717, 1.165) is 22.2 Å². The number of carbonyl (C=O) groups is 1. The molecule has 2 aromatic carbocycles. The molecule has 0 fully saturated rings. The molecule has 122 valence electrons. The second kappa shape index (κ2) is 7.32. The molecule has 24 heavy (non-hydrogen) atoms. The third-order valence-corrected chi connectivity index (χ3v) is 3.98. The highest BCUT2D eigenvalue weighted by Crippen LogP contribution is 2.23. The zero-order chi connectivity index (χ0) is 16.9. The first-order valence-electron chi connectivity index (χ1n) is 7.63. The lowest BCUT2D eigenvalue weighted by Crippen LogP contribution is -2.28. The lowest BCUT2D eigenvalue weighted by Gasteiger charge is -2.10. The van der Waals surface area contributed by atoms with E-state index in [-0.39, 0.29) is 12.5 Å². The van der Waals surface area contributed by atoms with Gasteiger partial charge in [0.25, 0.3) is 5.91 Å². The van der Waals surface area contributed by atoms with Crippen LogP contribution in [0, 0.1) is 6.92 Å². The molecule has 0 radical (unpaired) electrons. The van der Waals surface area contributed by atoms with Crippen molar-refractivity contribution in [3.05, 3.63) is 70.9 Å².